The van der Waals surface area contributed by atoms with Crippen molar-refractivity contribution in [2.24, 2.45) is 0 Å². The van der Waals surface area contributed by atoms with Crippen LogP contribution in [0.25, 0.3) is 0 Å². The summed E-state index contributed by atoms with van der Waals surface area (Å²) in [4.78, 5) is 12.7. The van der Waals surface area contributed by atoms with Gasteiger partial charge in [-0.25, -0.2) is 0 Å². The molecule has 0 heterocycles. The zero-order valence-electron chi connectivity index (χ0n) is 8.60. The summed E-state index contributed by atoms with van der Waals surface area (Å²) in [5.41, 5.74) is 1.79. The predicted molar refractivity (Wildman–Crippen MR) is 59.3 cm³/mol. The molecule has 1 aromatic rings. The molecular weight excluding hydrogens is 190 g/mol. The molecule has 0 unspecified atom stereocenters. The summed E-state index contributed by atoms with van der Waals surface area (Å²) in [7, 11) is 0. The highest BCUT2D eigenvalue weighted by Crippen LogP contribution is 2.31. The average Bonchev–Trinajstić information content (AvgIpc) is 3.10. The summed E-state index contributed by atoms with van der Waals surface area (Å²) in [5, 5.41) is 8.98. The number of aldehydes is 1. The van der Waals surface area contributed by atoms with Crippen LogP contribution in [-0.2, 0) is 0 Å². The number of hydrogen-bond acceptors (Lipinski definition) is 3. The minimum atomic E-state index is 0.173. The molecule has 0 atom stereocenters. The summed E-state index contributed by atoms with van der Waals surface area (Å²) < 4.78 is 0. The Balaban J connectivity index is 2.14. The van der Waals surface area contributed by atoms with Crippen molar-refractivity contribution in [3.05, 3.63) is 29.8 Å². The highest BCUT2D eigenvalue weighted by molar-refractivity contribution is 5.75. The molecule has 0 bridgehead atoms. The molecule has 1 saturated carbocycles. The van der Waals surface area contributed by atoms with Crippen LogP contribution in [0.2, 0.25) is 0 Å². The molecule has 3 heteroatoms. The third kappa shape index (κ3) is 2.36. The number of aliphatic hydroxyl groups excluding tert-OH is 1. The molecule has 0 aliphatic heterocycles. The zero-order valence-corrected chi connectivity index (χ0v) is 8.60. The smallest absolute Gasteiger partial charge is 0.150 e. The van der Waals surface area contributed by atoms with Crippen LogP contribution >= 0.6 is 0 Å². The van der Waals surface area contributed by atoms with Gasteiger partial charge in [0, 0.05) is 23.8 Å². The maximum atomic E-state index is 10.5. The van der Waals surface area contributed by atoms with E-state index in [2.05, 4.69) is 4.90 Å². The number of benzene rings is 1. The van der Waals surface area contributed by atoms with Crippen molar-refractivity contribution in [2.75, 3.05) is 18.1 Å². The van der Waals surface area contributed by atoms with Crippen molar-refractivity contribution in [1.82, 2.24) is 0 Å². The number of carbonyl (C=O) groups excluding carboxylic acids is 1. The fraction of sp³-hybridized carbons (Fsp3) is 0.417. The SMILES string of the molecule is O=Cc1ccc(N(CCO)C2CC2)cc1. The van der Waals surface area contributed by atoms with Gasteiger partial charge in [-0.15, -0.1) is 0 Å². The van der Waals surface area contributed by atoms with Crippen molar-refractivity contribution in [3.63, 3.8) is 0 Å². The van der Waals surface area contributed by atoms with E-state index in [0.29, 0.717) is 18.2 Å². The van der Waals surface area contributed by atoms with Crippen molar-refractivity contribution in [1.29, 1.82) is 0 Å². The van der Waals surface area contributed by atoms with Crippen LogP contribution < -0.4 is 4.90 Å². The molecule has 2 rings (SSSR count). The molecule has 15 heavy (non-hydrogen) atoms. The van der Waals surface area contributed by atoms with E-state index >= 15 is 0 Å². The van der Waals surface area contributed by atoms with Crippen molar-refractivity contribution in [3.8, 4) is 0 Å². The van der Waals surface area contributed by atoms with Gasteiger partial charge in [0.2, 0.25) is 0 Å². The lowest BCUT2D eigenvalue weighted by Gasteiger charge is -2.23. The van der Waals surface area contributed by atoms with Gasteiger partial charge in [-0.1, -0.05) is 0 Å². The van der Waals surface area contributed by atoms with Crippen LogP contribution in [0.3, 0.4) is 0 Å². The lowest BCUT2D eigenvalue weighted by atomic mass is 10.2. The molecular formula is C12H15NO2. The third-order valence-corrected chi connectivity index (χ3v) is 2.69. The van der Waals surface area contributed by atoms with Gasteiger partial charge in [0.1, 0.15) is 6.29 Å². The number of anilines is 1. The number of rotatable bonds is 5. The van der Waals surface area contributed by atoms with Gasteiger partial charge < -0.3 is 10.0 Å². The third-order valence-electron chi connectivity index (χ3n) is 2.69. The summed E-state index contributed by atoms with van der Waals surface area (Å²) in [6, 6.07) is 8.10. The van der Waals surface area contributed by atoms with Gasteiger partial charge in [-0.3, -0.25) is 4.79 Å². The second-order valence-electron chi connectivity index (χ2n) is 3.86. The van der Waals surface area contributed by atoms with Crippen LogP contribution in [0.1, 0.15) is 23.2 Å². The highest BCUT2D eigenvalue weighted by Gasteiger charge is 2.28. The Bertz CT molecular complexity index is 330. The number of hydrogen-bond donors (Lipinski definition) is 1. The van der Waals surface area contributed by atoms with E-state index in [1.54, 1.807) is 0 Å². The minimum Gasteiger partial charge on any atom is -0.395 e. The summed E-state index contributed by atoms with van der Waals surface area (Å²) in [6.45, 7) is 0.844. The van der Waals surface area contributed by atoms with E-state index in [9.17, 15) is 4.79 Å². The van der Waals surface area contributed by atoms with E-state index in [1.165, 1.54) is 12.8 Å². The van der Waals surface area contributed by atoms with E-state index in [4.69, 9.17) is 5.11 Å². The second kappa shape index (κ2) is 4.45. The van der Waals surface area contributed by atoms with Gasteiger partial charge in [0.15, 0.2) is 0 Å². The van der Waals surface area contributed by atoms with Crippen molar-refractivity contribution in [2.45, 2.75) is 18.9 Å². The Morgan fingerprint density at radius 2 is 2.00 bits per heavy atom. The van der Waals surface area contributed by atoms with E-state index in [0.717, 1.165) is 12.0 Å². The summed E-state index contributed by atoms with van der Waals surface area (Å²) in [5.74, 6) is 0. The molecule has 80 valence electrons. The monoisotopic (exact) mass is 205 g/mol. The van der Waals surface area contributed by atoms with E-state index < -0.39 is 0 Å². The number of carbonyl (C=O) groups is 1. The Hall–Kier alpha value is -1.35. The van der Waals surface area contributed by atoms with E-state index in [-0.39, 0.29) is 6.61 Å². The Morgan fingerprint density at radius 1 is 1.33 bits per heavy atom. The zero-order chi connectivity index (χ0) is 10.7. The standard InChI is InChI=1S/C12H15NO2/c14-8-7-13(12-5-6-12)11-3-1-10(9-15)2-4-11/h1-4,9,12,14H,5-8H2. The summed E-state index contributed by atoms with van der Waals surface area (Å²) in [6.07, 6.45) is 3.25. The van der Waals surface area contributed by atoms with Gasteiger partial charge >= 0.3 is 0 Å². The molecule has 1 aliphatic rings. The Labute approximate surface area is 89.3 Å². The largest absolute Gasteiger partial charge is 0.395 e. The van der Waals surface area contributed by atoms with Gasteiger partial charge in [0.25, 0.3) is 0 Å². The first kappa shape index (κ1) is 10.2. The lowest BCUT2D eigenvalue weighted by molar-refractivity contribution is 0.112. The molecule has 1 fully saturated rings. The van der Waals surface area contributed by atoms with Crippen LogP contribution in [0, 0.1) is 0 Å². The van der Waals surface area contributed by atoms with E-state index in [1.807, 2.05) is 24.3 Å². The first-order valence-electron chi connectivity index (χ1n) is 5.28. The van der Waals surface area contributed by atoms with Crippen molar-refractivity contribution < 1.29 is 9.90 Å². The fourth-order valence-electron chi connectivity index (χ4n) is 1.76. The first-order valence-corrected chi connectivity index (χ1v) is 5.28. The molecule has 0 spiro atoms. The molecule has 0 radical (unpaired) electrons. The van der Waals surface area contributed by atoms with Crippen LogP contribution in [0.4, 0.5) is 5.69 Å². The predicted octanol–water partition coefficient (Wildman–Crippen LogP) is 1.46. The Morgan fingerprint density at radius 3 is 2.47 bits per heavy atom. The molecule has 0 saturated heterocycles. The number of nitrogens with zero attached hydrogens (tertiary/aromatic N) is 1. The molecule has 1 aromatic carbocycles. The molecule has 1 aliphatic carbocycles. The fourth-order valence-corrected chi connectivity index (χ4v) is 1.76. The van der Waals surface area contributed by atoms with Gasteiger partial charge in [-0.2, -0.15) is 0 Å². The number of aliphatic hydroxyl groups is 1. The first-order chi connectivity index (χ1) is 7.35. The van der Waals surface area contributed by atoms with Gasteiger partial charge in [-0.05, 0) is 37.1 Å². The lowest BCUT2D eigenvalue weighted by Crippen LogP contribution is -2.28. The molecule has 0 aromatic heterocycles. The topological polar surface area (TPSA) is 40.5 Å². The van der Waals surface area contributed by atoms with Crippen LogP contribution in [0.15, 0.2) is 24.3 Å². The van der Waals surface area contributed by atoms with Crippen LogP contribution in [0.5, 0.6) is 0 Å². The van der Waals surface area contributed by atoms with Gasteiger partial charge in [0.05, 0.1) is 6.61 Å². The quantitative estimate of drug-likeness (QED) is 0.740. The average molecular weight is 205 g/mol. The normalized spacial score (nSPS) is 15.0. The maximum Gasteiger partial charge on any atom is 0.150 e. The minimum absolute atomic E-state index is 0.173. The highest BCUT2D eigenvalue weighted by atomic mass is 16.3. The molecule has 0 amide bonds. The Kier molecular flexibility index (Phi) is 3.02. The summed E-state index contributed by atoms with van der Waals surface area (Å²) >= 11 is 0. The van der Waals surface area contributed by atoms with Crippen LogP contribution in [-0.4, -0.2) is 30.6 Å². The molecule has 1 N–H and O–H groups in total. The molecule has 3 nitrogen and oxygen atoms in total. The van der Waals surface area contributed by atoms with Crippen molar-refractivity contribution >= 4 is 12.0 Å². The maximum absolute atomic E-state index is 10.5. The second-order valence-corrected chi connectivity index (χ2v) is 3.86.